The van der Waals surface area contributed by atoms with Crippen molar-refractivity contribution in [1.29, 1.82) is 0 Å². The van der Waals surface area contributed by atoms with Crippen molar-refractivity contribution >= 4 is 11.7 Å². The Labute approximate surface area is 166 Å². The largest absolute Gasteiger partial charge is 0.464 e. The third-order valence-corrected chi connectivity index (χ3v) is 3.99. The van der Waals surface area contributed by atoms with Crippen LogP contribution in [0.2, 0.25) is 0 Å². The van der Waals surface area contributed by atoms with E-state index in [-0.39, 0.29) is 24.5 Å². The molecule has 0 atom stereocenters. The molecule has 0 amide bonds. The monoisotopic (exact) mass is 400 g/mol. The maximum Gasteiger partial charge on any atom is 0.339 e. The minimum Gasteiger partial charge on any atom is -0.464 e. The van der Waals surface area contributed by atoms with Gasteiger partial charge in [0, 0.05) is 18.2 Å². The van der Waals surface area contributed by atoms with Crippen molar-refractivity contribution < 1.29 is 32.2 Å². The molecule has 0 N–H and O–H groups in total. The molecule has 1 aromatic heterocycles. The molecule has 0 saturated heterocycles. The van der Waals surface area contributed by atoms with E-state index in [4.69, 9.17) is 18.6 Å². The van der Waals surface area contributed by atoms with Gasteiger partial charge in [-0.2, -0.15) is 8.78 Å². The highest BCUT2D eigenvalue weighted by Gasteiger charge is 2.20. The van der Waals surface area contributed by atoms with Crippen LogP contribution < -0.4 is 0 Å². The van der Waals surface area contributed by atoms with Crippen LogP contribution in [0.1, 0.15) is 21.5 Å². The lowest BCUT2D eigenvalue weighted by molar-refractivity contribution is 0.0283. The molecule has 0 radical (unpaired) electrons. The van der Waals surface area contributed by atoms with Crippen molar-refractivity contribution in [2.24, 2.45) is 0 Å². The number of carbonyl (C=O) groups excluding carboxylic acids is 1. The molecule has 0 aliphatic carbocycles. The van der Waals surface area contributed by atoms with E-state index in [2.05, 4.69) is 0 Å². The molecular formula is C22H18F2O5. The van der Waals surface area contributed by atoms with E-state index in [0.29, 0.717) is 11.3 Å². The second-order valence-electron chi connectivity index (χ2n) is 5.94. The summed E-state index contributed by atoms with van der Waals surface area (Å²) in [4.78, 5) is 12.8. The summed E-state index contributed by atoms with van der Waals surface area (Å²) < 4.78 is 47.1. The second kappa shape index (κ2) is 9.66. The van der Waals surface area contributed by atoms with Gasteiger partial charge in [0.2, 0.25) is 0 Å². The molecule has 0 unspecified atom stereocenters. The molecule has 7 heteroatoms. The normalized spacial score (nSPS) is 10.4. The zero-order valence-electron chi connectivity index (χ0n) is 15.6. The molecule has 2 aromatic carbocycles. The van der Waals surface area contributed by atoms with Crippen molar-refractivity contribution in [3.05, 3.63) is 89.7 Å². The van der Waals surface area contributed by atoms with Crippen LogP contribution in [0.15, 0.2) is 77.4 Å². The second-order valence-corrected chi connectivity index (χ2v) is 5.94. The Kier molecular flexibility index (Phi) is 6.76. The van der Waals surface area contributed by atoms with Crippen molar-refractivity contribution in [1.82, 2.24) is 0 Å². The number of benzene rings is 2. The first kappa shape index (κ1) is 20.3. The number of halogens is 2. The lowest BCUT2D eigenvalue weighted by Gasteiger charge is -2.13. The van der Waals surface area contributed by atoms with Crippen LogP contribution in [-0.2, 0) is 20.8 Å². The van der Waals surface area contributed by atoms with E-state index in [1.807, 2.05) is 30.3 Å². The summed E-state index contributed by atoms with van der Waals surface area (Å²) in [6.07, 6.45) is -0.576. The number of esters is 1. The molecule has 5 nitrogen and oxygen atoms in total. The van der Waals surface area contributed by atoms with E-state index in [1.54, 1.807) is 12.1 Å². The Morgan fingerprint density at radius 3 is 2.45 bits per heavy atom. The fraction of sp³-hybridized carbons (Fsp3) is 0.136. The molecule has 150 valence electrons. The zero-order valence-corrected chi connectivity index (χ0v) is 15.6. The van der Waals surface area contributed by atoms with Crippen LogP contribution in [0.3, 0.4) is 0 Å². The Bertz CT molecular complexity index is 978. The maximum absolute atomic E-state index is 13.3. The molecule has 0 bridgehead atoms. The molecule has 0 saturated carbocycles. The van der Waals surface area contributed by atoms with E-state index < -0.39 is 17.8 Å². The molecule has 1 heterocycles. The van der Waals surface area contributed by atoms with E-state index in [1.165, 1.54) is 31.6 Å². The van der Waals surface area contributed by atoms with Gasteiger partial charge in [-0.15, -0.1) is 0 Å². The van der Waals surface area contributed by atoms with Gasteiger partial charge in [0.05, 0.1) is 11.8 Å². The standard InChI is InChI=1S/C22H18F2O5/c1-26-14-29-20(21(23)24)16-9-10-17(19-8-5-11-27-19)18(12-16)22(25)28-13-15-6-3-2-4-7-15/h2-12H,13-14H2,1H3. The first-order valence-corrected chi connectivity index (χ1v) is 8.66. The minimum atomic E-state index is -2.03. The van der Waals surface area contributed by atoms with Crippen LogP contribution in [0.4, 0.5) is 8.78 Å². The van der Waals surface area contributed by atoms with Gasteiger partial charge in [-0.05, 0) is 29.8 Å². The summed E-state index contributed by atoms with van der Waals surface area (Å²) in [6.45, 7) is -0.317. The van der Waals surface area contributed by atoms with Gasteiger partial charge in [-0.1, -0.05) is 36.4 Å². The van der Waals surface area contributed by atoms with Gasteiger partial charge < -0.3 is 18.6 Å². The van der Waals surface area contributed by atoms with E-state index >= 15 is 0 Å². The number of ether oxygens (including phenoxy) is 3. The third kappa shape index (κ3) is 5.08. The highest BCUT2D eigenvalue weighted by molar-refractivity contribution is 5.97. The SMILES string of the molecule is COCOC(=C(F)F)c1ccc(-c2ccco2)c(C(=O)OCc2ccccc2)c1. The fourth-order valence-electron chi connectivity index (χ4n) is 2.67. The topological polar surface area (TPSA) is 57.9 Å². The molecular weight excluding hydrogens is 382 g/mol. The summed E-state index contributed by atoms with van der Waals surface area (Å²) in [6, 6.07) is 16.7. The zero-order chi connectivity index (χ0) is 20.6. The lowest BCUT2D eigenvalue weighted by Crippen LogP contribution is -2.08. The summed E-state index contributed by atoms with van der Waals surface area (Å²) in [5.74, 6) is -0.935. The lowest BCUT2D eigenvalue weighted by atomic mass is 10.0. The van der Waals surface area contributed by atoms with Crippen LogP contribution >= 0.6 is 0 Å². The predicted molar refractivity (Wildman–Crippen MR) is 102 cm³/mol. The Morgan fingerprint density at radius 2 is 1.79 bits per heavy atom. The molecule has 29 heavy (non-hydrogen) atoms. The molecule has 0 aliphatic rings. The number of methoxy groups -OCH3 is 1. The number of rotatable bonds is 8. The highest BCUT2D eigenvalue weighted by atomic mass is 19.3. The molecule has 0 fully saturated rings. The van der Waals surface area contributed by atoms with Crippen molar-refractivity contribution in [3.63, 3.8) is 0 Å². The molecule has 3 rings (SSSR count). The highest BCUT2D eigenvalue weighted by Crippen LogP contribution is 2.30. The number of hydrogen-bond acceptors (Lipinski definition) is 5. The maximum atomic E-state index is 13.3. The van der Waals surface area contributed by atoms with E-state index in [9.17, 15) is 13.6 Å². The summed E-state index contributed by atoms with van der Waals surface area (Å²) >= 11 is 0. The number of hydrogen-bond donors (Lipinski definition) is 0. The van der Waals surface area contributed by atoms with Crippen LogP contribution in [0.25, 0.3) is 17.1 Å². The first-order chi connectivity index (χ1) is 14.1. The number of carbonyl (C=O) groups is 1. The van der Waals surface area contributed by atoms with Crippen LogP contribution in [-0.4, -0.2) is 19.9 Å². The summed E-state index contributed by atoms with van der Waals surface area (Å²) in [5, 5.41) is 0. The minimum absolute atomic E-state index is 0.0176. The van der Waals surface area contributed by atoms with Crippen LogP contribution in [0, 0.1) is 0 Å². The fourth-order valence-corrected chi connectivity index (χ4v) is 2.67. The van der Waals surface area contributed by atoms with Gasteiger partial charge in [-0.3, -0.25) is 0 Å². The first-order valence-electron chi connectivity index (χ1n) is 8.66. The van der Waals surface area contributed by atoms with E-state index in [0.717, 1.165) is 5.56 Å². The van der Waals surface area contributed by atoms with Gasteiger partial charge in [0.1, 0.15) is 12.4 Å². The predicted octanol–water partition coefficient (Wildman–Crippen LogP) is 5.49. The summed E-state index contributed by atoms with van der Waals surface area (Å²) in [7, 11) is 1.32. The van der Waals surface area contributed by atoms with Crippen molar-refractivity contribution in [2.45, 2.75) is 6.61 Å². The quantitative estimate of drug-likeness (QED) is 0.284. The Balaban J connectivity index is 1.95. The Hall–Kier alpha value is -3.45. The van der Waals surface area contributed by atoms with Gasteiger partial charge >= 0.3 is 12.0 Å². The third-order valence-electron chi connectivity index (χ3n) is 3.99. The van der Waals surface area contributed by atoms with Gasteiger partial charge in [0.25, 0.3) is 0 Å². The molecule has 3 aromatic rings. The average molecular weight is 400 g/mol. The molecule has 0 spiro atoms. The average Bonchev–Trinajstić information content (AvgIpc) is 3.27. The van der Waals surface area contributed by atoms with Crippen LogP contribution in [0.5, 0.6) is 0 Å². The Morgan fingerprint density at radius 1 is 1.00 bits per heavy atom. The van der Waals surface area contributed by atoms with Crippen molar-refractivity contribution in [2.75, 3.05) is 13.9 Å². The smallest absolute Gasteiger partial charge is 0.339 e. The van der Waals surface area contributed by atoms with Crippen molar-refractivity contribution in [3.8, 4) is 11.3 Å². The molecule has 0 aliphatic heterocycles. The summed E-state index contributed by atoms with van der Waals surface area (Å²) in [5.41, 5.74) is 1.31. The number of furan rings is 1. The van der Waals surface area contributed by atoms with Gasteiger partial charge in [-0.25, -0.2) is 4.79 Å². The van der Waals surface area contributed by atoms with Gasteiger partial charge in [0.15, 0.2) is 12.6 Å².